The molecule has 4 aromatic carbocycles. The van der Waals surface area contributed by atoms with Gasteiger partial charge in [-0.2, -0.15) is 0 Å². The van der Waals surface area contributed by atoms with Gasteiger partial charge in [0.25, 0.3) is 5.91 Å². The van der Waals surface area contributed by atoms with Crippen LogP contribution in [0.3, 0.4) is 0 Å². The number of primary sulfonamides is 1. The van der Waals surface area contributed by atoms with Crippen LogP contribution in [-0.4, -0.2) is 14.3 Å². The molecule has 0 aliphatic heterocycles. The number of benzene rings is 4. The molecule has 0 aliphatic rings. The van der Waals surface area contributed by atoms with E-state index in [9.17, 15) is 13.2 Å². The monoisotopic (exact) mass is 459 g/mol. The van der Waals surface area contributed by atoms with E-state index >= 15 is 0 Å². The largest absolute Gasteiger partial charge is 0.457 e. The average Bonchev–Trinajstić information content (AvgIpc) is 2.80. The molecule has 0 radical (unpaired) electrons. The topological polar surface area (TPSA) is 111 Å². The van der Waals surface area contributed by atoms with Crippen LogP contribution in [-0.2, 0) is 10.0 Å². The molecule has 33 heavy (non-hydrogen) atoms. The number of carbonyl (C=O) groups is 1. The van der Waals surface area contributed by atoms with Crippen molar-refractivity contribution in [2.24, 2.45) is 5.14 Å². The van der Waals surface area contributed by atoms with Crippen LogP contribution in [0.25, 0.3) is 0 Å². The number of nitrogens with one attached hydrogen (secondary N) is 2. The van der Waals surface area contributed by atoms with Crippen LogP contribution in [0.2, 0.25) is 0 Å². The fraction of sp³-hybridized carbons (Fsp3) is 0. The summed E-state index contributed by atoms with van der Waals surface area (Å²) >= 11 is 0. The second kappa shape index (κ2) is 9.56. The minimum absolute atomic E-state index is 0.0710. The van der Waals surface area contributed by atoms with Crippen LogP contribution in [0.15, 0.2) is 108 Å². The second-order valence-corrected chi connectivity index (χ2v) is 8.73. The SMILES string of the molecule is NS(=O)(=O)c1cccc(NC(=O)c2ccc(Nc3cccc(Oc4ccccc4)c3)cc2)c1. The van der Waals surface area contributed by atoms with Gasteiger partial charge < -0.3 is 15.4 Å². The van der Waals surface area contributed by atoms with Crippen molar-refractivity contribution in [2.75, 3.05) is 10.6 Å². The summed E-state index contributed by atoms with van der Waals surface area (Å²) in [5.74, 6) is 1.08. The third-order valence-electron chi connectivity index (χ3n) is 4.67. The lowest BCUT2D eigenvalue weighted by molar-refractivity contribution is 0.102. The zero-order valence-electron chi connectivity index (χ0n) is 17.4. The van der Waals surface area contributed by atoms with Crippen molar-refractivity contribution in [3.63, 3.8) is 0 Å². The summed E-state index contributed by atoms with van der Waals surface area (Å²) < 4.78 is 28.8. The van der Waals surface area contributed by atoms with E-state index < -0.39 is 10.0 Å². The molecule has 0 aliphatic carbocycles. The molecule has 0 saturated carbocycles. The van der Waals surface area contributed by atoms with Crippen molar-refractivity contribution in [3.8, 4) is 11.5 Å². The van der Waals surface area contributed by atoms with Gasteiger partial charge in [-0.25, -0.2) is 13.6 Å². The van der Waals surface area contributed by atoms with E-state index in [-0.39, 0.29) is 10.8 Å². The summed E-state index contributed by atoms with van der Waals surface area (Å²) in [5.41, 5.74) is 2.38. The van der Waals surface area contributed by atoms with Gasteiger partial charge in [0.2, 0.25) is 10.0 Å². The molecular formula is C25H21N3O4S. The van der Waals surface area contributed by atoms with Gasteiger partial charge in [-0.05, 0) is 66.7 Å². The molecule has 0 aromatic heterocycles. The Labute approximate surface area is 191 Å². The van der Waals surface area contributed by atoms with Gasteiger partial charge in [-0.3, -0.25) is 4.79 Å². The number of anilines is 3. The molecule has 0 atom stereocenters. The Balaban J connectivity index is 1.41. The number of nitrogens with two attached hydrogens (primary N) is 1. The second-order valence-electron chi connectivity index (χ2n) is 7.17. The molecule has 0 bridgehead atoms. The smallest absolute Gasteiger partial charge is 0.255 e. The Bertz CT molecular complexity index is 1370. The van der Waals surface area contributed by atoms with Gasteiger partial charge in [0, 0.05) is 28.7 Å². The number of hydrogen-bond donors (Lipinski definition) is 3. The van der Waals surface area contributed by atoms with E-state index in [2.05, 4.69) is 10.6 Å². The average molecular weight is 460 g/mol. The van der Waals surface area contributed by atoms with Crippen LogP contribution in [0.1, 0.15) is 10.4 Å². The van der Waals surface area contributed by atoms with Crippen molar-refractivity contribution in [2.45, 2.75) is 4.90 Å². The molecule has 0 unspecified atom stereocenters. The van der Waals surface area contributed by atoms with Crippen LogP contribution in [0.4, 0.5) is 17.1 Å². The Hall–Kier alpha value is -4.14. The maximum absolute atomic E-state index is 12.5. The predicted octanol–water partition coefficient (Wildman–Crippen LogP) is 5.12. The van der Waals surface area contributed by atoms with Gasteiger partial charge in [0.05, 0.1) is 4.90 Å². The molecule has 4 N–H and O–H groups in total. The van der Waals surface area contributed by atoms with Crippen molar-refractivity contribution in [1.29, 1.82) is 0 Å². The number of carbonyl (C=O) groups excluding carboxylic acids is 1. The lowest BCUT2D eigenvalue weighted by Gasteiger charge is -2.11. The van der Waals surface area contributed by atoms with Crippen molar-refractivity contribution in [3.05, 3.63) is 109 Å². The lowest BCUT2D eigenvalue weighted by Crippen LogP contribution is -2.14. The van der Waals surface area contributed by atoms with Crippen LogP contribution in [0, 0.1) is 0 Å². The van der Waals surface area contributed by atoms with E-state index in [4.69, 9.17) is 9.88 Å². The van der Waals surface area contributed by atoms with Gasteiger partial charge in [-0.15, -0.1) is 0 Å². The number of ether oxygens (including phenoxy) is 1. The molecule has 1 amide bonds. The first-order valence-electron chi connectivity index (χ1n) is 10.0. The highest BCUT2D eigenvalue weighted by Crippen LogP contribution is 2.26. The molecule has 8 heteroatoms. The van der Waals surface area contributed by atoms with Gasteiger partial charge in [-0.1, -0.05) is 30.3 Å². The fourth-order valence-corrected chi connectivity index (χ4v) is 3.65. The van der Waals surface area contributed by atoms with E-state index in [1.165, 1.54) is 18.2 Å². The summed E-state index contributed by atoms with van der Waals surface area (Å²) in [5, 5.41) is 11.1. The number of rotatable bonds is 7. The van der Waals surface area contributed by atoms with Crippen LogP contribution < -0.4 is 20.5 Å². The van der Waals surface area contributed by atoms with Crippen molar-refractivity contribution in [1.82, 2.24) is 0 Å². The van der Waals surface area contributed by atoms with Crippen molar-refractivity contribution >= 4 is 33.0 Å². The fourth-order valence-electron chi connectivity index (χ4n) is 3.09. The molecule has 0 spiro atoms. The van der Waals surface area contributed by atoms with Crippen LogP contribution in [0.5, 0.6) is 11.5 Å². The third-order valence-corrected chi connectivity index (χ3v) is 5.58. The molecule has 166 valence electrons. The first-order chi connectivity index (χ1) is 15.9. The first kappa shape index (κ1) is 22.1. The predicted molar refractivity (Wildman–Crippen MR) is 128 cm³/mol. The zero-order chi connectivity index (χ0) is 23.3. The normalized spacial score (nSPS) is 10.9. The van der Waals surface area contributed by atoms with E-state index in [1.54, 1.807) is 30.3 Å². The summed E-state index contributed by atoms with van der Waals surface area (Å²) in [6.45, 7) is 0. The summed E-state index contributed by atoms with van der Waals surface area (Å²) in [6.07, 6.45) is 0. The molecule has 4 aromatic rings. The quantitative estimate of drug-likeness (QED) is 0.355. The Morgan fingerprint density at radius 1 is 0.697 bits per heavy atom. The summed E-state index contributed by atoms with van der Waals surface area (Å²) in [7, 11) is -3.85. The van der Waals surface area contributed by atoms with Crippen LogP contribution >= 0.6 is 0 Å². The van der Waals surface area contributed by atoms with E-state index in [0.29, 0.717) is 17.0 Å². The molecular weight excluding hydrogens is 438 g/mol. The van der Waals surface area contributed by atoms with E-state index in [1.807, 2.05) is 54.6 Å². The zero-order valence-corrected chi connectivity index (χ0v) is 18.3. The summed E-state index contributed by atoms with van der Waals surface area (Å²) in [6, 6.07) is 29.7. The van der Waals surface area contributed by atoms with Crippen molar-refractivity contribution < 1.29 is 17.9 Å². The Morgan fingerprint density at radius 3 is 2.09 bits per heavy atom. The molecule has 4 rings (SSSR count). The van der Waals surface area contributed by atoms with Gasteiger partial charge in [0.15, 0.2) is 0 Å². The number of amides is 1. The third kappa shape index (κ3) is 5.97. The minimum Gasteiger partial charge on any atom is -0.457 e. The molecule has 0 saturated heterocycles. The molecule has 7 nitrogen and oxygen atoms in total. The number of hydrogen-bond acceptors (Lipinski definition) is 5. The highest BCUT2D eigenvalue weighted by molar-refractivity contribution is 7.89. The minimum atomic E-state index is -3.85. The van der Waals surface area contributed by atoms with E-state index in [0.717, 1.165) is 17.1 Å². The lowest BCUT2D eigenvalue weighted by atomic mass is 10.2. The van der Waals surface area contributed by atoms with Gasteiger partial charge >= 0.3 is 0 Å². The Kier molecular flexibility index (Phi) is 6.39. The highest BCUT2D eigenvalue weighted by atomic mass is 32.2. The summed E-state index contributed by atoms with van der Waals surface area (Å²) in [4.78, 5) is 12.5. The standard InChI is InChI=1S/C25H21N3O4S/c26-33(30,31)24-11-5-7-21(17-24)28-25(29)18-12-14-19(15-13-18)27-20-6-4-10-23(16-20)32-22-8-2-1-3-9-22/h1-17,27H,(H,28,29)(H2,26,30,31). The molecule has 0 fully saturated rings. The highest BCUT2D eigenvalue weighted by Gasteiger charge is 2.11. The Morgan fingerprint density at radius 2 is 1.36 bits per heavy atom. The first-order valence-corrected chi connectivity index (χ1v) is 11.6. The maximum Gasteiger partial charge on any atom is 0.255 e. The maximum atomic E-state index is 12.5. The molecule has 0 heterocycles. The number of sulfonamides is 1. The van der Waals surface area contributed by atoms with Gasteiger partial charge in [0.1, 0.15) is 11.5 Å². The number of para-hydroxylation sites is 1.